The third-order valence-corrected chi connectivity index (χ3v) is 12.3. The fraction of sp³-hybridized carbons (Fsp3) is 0.486. The van der Waals surface area contributed by atoms with E-state index in [0.717, 1.165) is 64.5 Å². The SMILES string of the molecule is COc1cncnc1N1CCN(C(=O)[C@@H](Cc2cc(Br)c(N)c(Br)c2)NC(=O)N2CCC(N3CCC(N4Cc5ccccc5NC4=O)CC3)CC2)CC1. The Hall–Kier alpha value is -4.15. The molecule has 53 heavy (non-hydrogen) atoms. The molecule has 1 aromatic heterocycles. The number of nitrogen functional groups attached to an aromatic ring is 1. The van der Waals surface area contributed by atoms with E-state index in [4.69, 9.17) is 10.5 Å². The minimum atomic E-state index is -0.763. The van der Waals surface area contributed by atoms with E-state index in [1.165, 1.54) is 6.33 Å². The molecule has 16 heteroatoms. The fourth-order valence-corrected chi connectivity index (χ4v) is 9.28. The number of methoxy groups -OCH3 is 1. The number of urea groups is 2. The lowest BCUT2D eigenvalue weighted by atomic mass is 9.96. The van der Waals surface area contributed by atoms with Crippen LogP contribution >= 0.6 is 31.9 Å². The highest BCUT2D eigenvalue weighted by atomic mass is 79.9. The second-order valence-corrected chi connectivity index (χ2v) is 15.8. The fourth-order valence-electron chi connectivity index (χ4n) is 8.00. The van der Waals surface area contributed by atoms with E-state index >= 15 is 0 Å². The molecule has 0 saturated carbocycles. The first-order chi connectivity index (χ1) is 25.7. The summed E-state index contributed by atoms with van der Waals surface area (Å²) in [5.74, 6) is 1.16. The number of nitrogens with one attached hydrogen (secondary N) is 2. The van der Waals surface area contributed by atoms with E-state index in [1.54, 1.807) is 13.3 Å². The molecule has 5 heterocycles. The number of carbonyl (C=O) groups excluding carboxylic acids is 3. The first kappa shape index (κ1) is 37.2. The molecule has 3 fully saturated rings. The van der Waals surface area contributed by atoms with Crippen molar-refractivity contribution in [3.63, 3.8) is 0 Å². The Kier molecular flexibility index (Phi) is 11.6. The number of nitrogens with two attached hydrogens (primary N) is 1. The van der Waals surface area contributed by atoms with Crippen LogP contribution in [-0.2, 0) is 17.8 Å². The van der Waals surface area contributed by atoms with Gasteiger partial charge in [0.05, 0.1) is 19.0 Å². The summed E-state index contributed by atoms with van der Waals surface area (Å²) in [5, 5.41) is 6.17. The van der Waals surface area contributed by atoms with Gasteiger partial charge in [0, 0.05) is 92.0 Å². The van der Waals surface area contributed by atoms with Gasteiger partial charge in [-0.1, -0.05) is 18.2 Å². The molecule has 14 nitrogen and oxygen atoms in total. The number of carbonyl (C=O) groups is 3. The largest absolute Gasteiger partial charge is 0.491 e. The van der Waals surface area contributed by atoms with Crippen molar-refractivity contribution in [2.75, 3.05) is 75.4 Å². The van der Waals surface area contributed by atoms with E-state index in [2.05, 4.69) is 68.3 Å². The highest BCUT2D eigenvalue weighted by molar-refractivity contribution is 9.11. The van der Waals surface area contributed by atoms with Crippen LogP contribution in [0.15, 0.2) is 57.9 Å². The Morgan fingerprint density at radius 3 is 2.34 bits per heavy atom. The summed E-state index contributed by atoms with van der Waals surface area (Å²) in [7, 11) is 1.59. The minimum Gasteiger partial charge on any atom is -0.491 e. The van der Waals surface area contributed by atoms with Gasteiger partial charge in [-0.25, -0.2) is 19.6 Å². The smallest absolute Gasteiger partial charge is 0.322 e. The Morgan fingerprint density at radius 2 is 1.64 bits per heavy atom. The van der Waals surface area contributed by atoms with Crippen LogP contribution in [0.3, 0.4) is 0 Å². The van der Waals surface area contributed by atoms with Crippen LogP contribution in [-0.4, -0.2) is 125 Å². The van der Waals surface area contributed by atoms with Crippen LogP contribution < -0.4 is 26.0 Å². The van der Waals surface area contributed by atoms with E-state index < -0.39 is 6.04 Å². The zero-order valence-electron chi connectivity index (χ0n) is 29.8. The minimum absolute atomic E-state index is 0.0138. The zero-order chi connectivity index (χ0) is 37.1. The predicted molar refractivity (Wildman–Crippen MR) is 210 cm³/mol. The van der Waals surface area contributed by atoms with Gasteiger partial charge in [0.25, 0.3) is 0 Å². The quantitative estimate of drug-likeness (QED) is 0.278. The number of piperidine rings is 2. The average molecular weight is 855 g/mol. The molecule has 4 aliphatic heterocycles. The van der Waals surface area contributed by atoms with Crippen LogP contribution in [0.4, 0.5) is 26.8 Å². The maximum Gasteiger partial charge on any atom is 0.322 e. The lowest BCUT2D eigenvalue weighted by Crippen LogP contribution is -2.58. The standard InChI is InChI=1S/C37H46Br2N10O4/c1-53-32-21-41-23-42-34(32)46-14-16-47(17-15-46)35(50)31(20-24-18-28(38)33(40)29(39)19-24)44-36(51)48-12-6-26(7-13-48)45-10-8-27(9-11-45)49-22-25-4-2-3-5-30(25)43-37(49)52/h2-5,18-19,21,23,26-27,31H,6-17,20,22,40H2,1H3,(H,43,52)(H,44,51)/t31-/m1/s1. The van der Waals surface area contributed by atoms with E-state index in [0.29, 0.717) is 75.5 Å². The summed E-state index contributed by atoms with van der Waals surface area (Å²) in [6.07, 6.45) is 7.02. The van der Waals surface area contributed by atoms with Crippen molar-refractivity contribution >= 4 is 67.0 Å². The molecule has 0 bridgehead atoms. The zero-order valence-corrected chi connectivity index (χ0v) is 33.0. The molecule has 5 amide bonds. The number of aromatic nitrogens is 2. The Bertz CT molecular complexity index is 1790. The number of fused-ring (bicyclic) bond motifs is 1. The molecule has 7 rings (SSSR count). The highest BCUT2D eigenvalue weighted by Crippen LogP contribution is 2.32. The van der Waals surface area contributed by atoms with E-state index in [9.17, 15) is 14.4 Å². The van der Waals surface area contributed by atoms with Crippen molar-refractivity contribution in [2.45, 2.75) is 56.8 Å². The highest BCUT2D eigenvalue weighted by Gasteiger charge is 2.36. The number of anilines is 3. The number of amides is 5. The predicted octanol–water partition coefficient (Wildman–Crippen LogP) is 4.54. The Morgan fingerprint density at radius 1 is 0.962 bits per heavy atom. The van der Waals surface area contributed by atoms with Crippen LogP contribution in [0.1, 0.15) is 36.8 Å². The summed E-state index contributed by atoms with van der Waals surface area (Å²) in [4.78, 5) is 59.6. The summed E-state index contributed by atoms with van der Waals surface area (Å²) in [6, 6.07) is 11.4. The summed E-state index contributed by atoms with van der Waals surface area (Å²) >= 11 is 7.06. The first-order valence-corrected chi connectivity index (χ1v) is 19.8. The molecule has 0 aliphatic carbocycles. The molecule has 4 aliphatic rings. The number of hydrogen-bond acceptors (Lipinski definition) is 9. The third kappa shape index (κ3) is 8.34. The second kappa shape index (κ2) is 16.5. The average Bonchev–Trinajstić information content (AvgIpc) is 3.19. The van der Waals surface area contributed by atoms with Gasteiger partial charge in [0.2, 0.25) is 5.91 Å². The lowest BCUT2D eigenvalue weighted by Gasteiger charge is -2.45. The van der Waals surface area contributed by atoms with Gasteiger partial charge in [-0.2, -0.15) is 0 Å². The van der Waals surface area contributed by atoms with Gasteiger partial charge in [-0.05, 0) is 86.9 Å². The maximum atomic E-state index is 14.1. The van der Waals surface area contributed by atoms with Crippen LogP contribution in [0.5, 0.6) is 5.75 Å². The maximum absolute atomic E-state index is 14.1. The van der Waals surface area contributed by atoms with Gasteiger partial charge >= 0.3 is 12.1 Å². The van der Waals surface area contributed by atoms with Crippen molar-refractivity contribution in [2.24, 2.45) is 0 Å². The molecular formula is C37H46Br2N10O4. The van der Waals surface area contributed by atoms with E-state index in [-0.39, 0.29) is 24.0 Å². The van der Waals surface area contributed by atoms with Gasteiger partial charge in [-0.3, -0.25) is 4.79 Å². The third-order valence-electron chi connectivity index (χ3n) is 11.0. The molecule has 1 atom stereocenters. The molecule has 4 N–H and O–H groups in total. The molecule has 0 radical (unpaired) electrons. The lowest BCUT2D eigenvalue weighted by molar-refractivity contribution is -0.133. The number of nitrogens with zero attached hydrogens (tertiary/aromatic N) is 7. The number of rotatable bonds is 8. The van der Waals surface area contributed by atoms with Crippen LogP contribution in [0.25, 0.3) is 0 Å². The second-order valence-electron chi connectivity index (χ2n) is 14.1. The van der Waals surface area contributed by atoms with Crippen molar-refractivity contribution in [3.8, 4) is 5.75 Å². The molecule has 3 aromatic rings. The molecule has 0 unspecified atom stereocenters. The number of para-hydroxylation sites is 1. The molecular weight excluding hydrogens is 808 g/mol. The Balaban J connectivity index is 0.944. The van der Waals surface area contributed by atoms with Gasteiger partial charge in [0.15, 0.2) is 11.6 Å². The number of halogens is 2. The van der Waals surface area contributed by atoms with Gasteiger partial charge < -0.3 is 45.6 Å². The molecule has 2 aromatic carbocycles. The normalized spacial score (nSPS) is 19.4. The first-order valence-electron chi connectivity index (χ1n) is 18.2. The number of piperazine rings is 1. The van der Waals surface area contributed by atoms with Crippen molar-refractivity contribution in [1.82, 2.24) is 34.9 Å². The monoisotopic (exact) mass is 852 g/mol. The Labute approximate surface area is 326 Å². The van der Waals surface area contributed by atoms with Gasteiger partial charge in [-0.15, -0.1) is 0 Å². The van der Waals surface area contributed by atoms with Crippen LogP contribution in [0, 0.1) is 0 Å². The topological polar surface area (TPSA) is 152 Å². The van der Waals surface area contributed by atoms with Crippen molar-refractivity contribution in [3.05, 3.63) is 69.0 Å². The molecule has 3 saturated heterocycles. The summed E-state index contributed by atoms with van der Waals surface area (Å²) < 4.78 is 6.90. The number of hydrogen-bond donors (Lipinski definition) is 3. The number of benzene rings is 2. The summed E-state index contributed by atoms with van der Waals surface area (Å²) in [6.45, 7) is 5.82. The van der Waals surface area contributed by atoms with Crippen LogP contribution in [0.2, 0.25) is 0 Å². The number of likely N-dealkylation sites (tertiary alicyclic amines) is 2. The number of ether oxygens (including phenoxy) is 1. The van der Waals surface area contributed by atoms with Crippen molar-refractivity contribution in [1.29, 1.82) is 0 Å². The molecule has 0 spiro atoms. The molecule has 282 valence electrons. The van der Waals surface area contributed by atoms with Gasteiger partial charge in [0.1, 0.15) is 12.4 Å². The summed E-state index contributed by atoms with van der Waals surface area (Å²) in [5.41, 5.74) is 9.66. The van der Waals surface area contributed by atoms with Crippen molar-refractivity contribution < 1.29 is 19.1 Å². The van der Waals surface area contributed by atoms with E-state index in [1.807, 2.05) is 45.0 Å².